The predicted molar refractivity (Wildman–Crippen MR) is 96.7 cm³/mol. The van der Waals surface area contributed by atoms with Crippen LogP contribution in [0.3, 0.4) is 0 Å². The van der Waals surface area contributed by atoms with Crippen LogP contribution < -0.4 is 10.1 Å². The van der Waals surface area contributed by atoms with Crippen molar-refractivity contribution >= 4 is 10.9 Å². The van der Waals surface area contributed by atoms with E-state index in [4.69, 9.17) is 4.74 Å². The first-order valence-corrected chi connectivity index (χ1v) is 8.94. The molecule has 1 fully saturated rings. The SMILES string of the molecule is CC(Oc1nn(-c2ccccc2F)c2ccc(F)cc12)C1CCCNC1. The van der Waals surface area contributed by atoms with E-state index < -0.39 is 5.82 Å². The van der Waals surface area contributed by atoms with Crippen LogP contribution in [0.2, 0.25) is 0 Å². The van der Waals surface area contributed by atoms with Gasteiger partial charge in [0.15, 0.2) is 0 Å². The Kier molecular flexibility index (Phi) is 4.59. The van der Waals surface area contributed by atoms with Gasteiger partial charge in [-0.05, 0) is 56.6 Å². The van der Waals surface area contributed by atoms with Gasteiger partial charge in [-0.25, -0.2) is 13.5 Å². The molecule has 0 aliphatic carbocycles. The van der Waals surface area contributed by atoms with Crippen LogP contribution in [-0.4, -0.2) is 29.0 Å². The number of nitrogens with one attached hydrogen (secondary N) is 1. The summed E-state index contributed by atoms with van der Waals surface area (Å²) in [6, 6.07) is 10.7. The van der Waals surface area contributed by atoms with E-state index in [1.165, 1.54) is 22.9 Å². The third kappa shape index (κ3) is 3.17. The van der Waals surface area contributed by atoms with E-state index in [1.54, 1.807) is 24.3 Å². The van der Waals surface area contributed by atoms with Gasteiger partial charge in [-0.1, -0.05) is 12.1 Å². The molecule has 0 saturated carbocycles. The normalized spacial score (nSPS) is 18.8. The second-order valence-electron chi connectivity index (χ2n) is 6.76. The molecule has 136 valence electrons. The zero-order chi connectivity index (χ0) is 18.1. The highest BCUT2D eigenvalue weighted by molar-refractivity contribution is 5.86. The molecular weight excluding hydrogens is 336 g/mol. The Morgan fingerprint density at radius 1 is 1.23 bits per heavy atom. The van der Waals surface area contributed by atoms with Crippen LogP contribution in [0.4, 0.5) is 8.78 Å². The van der Waals surface area contributed by atoms with Gasteiger partial charge in [0, 0.05) is 12.5 Å². The Hall–Kier alpha value is -2.47. The summed E-state index contributed by atoms with van der Waals surface area (Å²) in [6.45, 7) is 3.92. The van der Waals surface area contributed by atoms with E-state index >= 15 is 0 Å². The van der Waals surface area contributed by atoms with Crippen molar-refractivity contribution in [2.75, 3.05) is 13.1 Å². The average Bonchev–Trinajstić information content (AvgIpc) is 3.00. The van der Waals surface area contributed by atoms with Crippen molar-refractivity contribution in [1.29, 1.82) is 0 Å². The number of fused-ring (bicyclic) bond motifs is 1. The minimum Gasteiger partial charge on any atom is -0.473 e. The summed E-state index contributed by atoms with van der Waals surface area (Å²) in [7, 11) is 0. The van der Waals surface area contributed by atoms with E-state index in [2.05, 4.69) is 10.4 Å². The van der Waals surface area contributed by atoms with Crippen molar-refractivity contribution in [1.82, 2.24) is 15.1 Å². The standard InChI is InChI=1S/C20H21F2N3O/c1-13(14-5-4-10-23-12-14)26-20-16-11-15(21)8-9-18(16)25(24-20)19-7-3-2-6-17(19)22/h2-3,6-9,11,13-14,23H,4-5,10,12H2,1H3. The molecule has 1 N–H and O–H groups in total. The fraction of sp³-hybridized carbons (Fsp3) is 0.350. The molecule has 1 aliphatic rings. The maximum Gasteiger partial charge on any atom is 0.241 e. The number of para-hydroxylation sites is 1. The maximum absolute atomic E-state index is 14.3. The lowest BCUT2D eigenvalue weighted by molar-refractivity contribution is 0.127. The highest BCUT2D eigenvalue weighted by Crippen LogP contribution is 2.31. The van der Waals surface area contributed by atoms with Crippen LogP contribution in [0.5, 0.6) is 5.88 Å². The van der Waals surface area contributed by atoms with Gasteiger partial charge in [0.2, 0.25) is 5.88 Å². The van der Waals surface area contributed by atoms with E-state index in [9.17, 15) is 8.78 Å². The fourth-order valence-electron chi connectivity index (χ4n) is 3.51. The third-order valence-electron chi connectivity index (χ3n) is 4.99. The molecule has 0 bridgehead atoms. The van der Waals surface area contributed by atoms with Gasteiger partial charge >= 0.3 is 0 Å². The smallest absolute Gasteiger partial charge is 0.241 e. The number of rotatable bonds is 4. The first-order valence-electron chi connectivity index (χ1n) is 8.94. The number of hydrogen-bond acceptors (Lipinski definition) is 3. The molecule has 1 saturated heterocycles. The van der Waals surface area contributed by atoms with Gasteiger partial charge in [0.25, 0.3) is 0 Å². The second-order valence-corrected chi connectivity index (χ2v) is 6.76. The molecule has 1 aromatic heterocycles. The first kappa shape index (κ1) is 17.0. The monoisotopic (exact) mass is 357 g/mol. The summed E-state index contributed by atoms with van der Waals surface area (Å²) in [5.41, 5.74) is 0.923. The maximum atomic E-state index is 14.3. The van der Waals surface area contributed by atoms with Gasteiger partial charge in [-0.2, -0.15) is 0 Å². The fourth-order valence-corrected chi connectivity index (χ4v) is 3.51. The number of nitrogens with zero attached hydrogens (tertiary/aromatic N) is 2. The molecular formula is C20H21F2N3O. The van der Waals surface area contributed by atoms with E-state index in [0.717, 1.165) is 25.9 Å². The zero-order valence-corrected chi connectivity index (χ0v) is 14.6. The van der Waals surface area contributed by atoms with Crippen molar-refractivity contribution < 1.29 is 13.5 Å². The third-order valence-corrected chi connectivity index (χ3v) is 4.99. The molecule has 1 aliphatic heterocycles. The Bertz CT molecular complexity index is 919. The first-order chi connectivity index (χ1) is 12.6. The Labute approximate surface area is 150 Å². The predicted octanol–water partition coefficient (Wildman–Crippen LogP) is 4.07. The lowest BCUT2D eigenvalue weighted by Crippen LogP contribution is -2.38. The van der Waals surface area contributed by atoms with Crippen LogP contribution in [0.1, 0.15) is 19.8 Å². The van der Waals surface area contributed by atoms with Crippen molar-refractivity contribution in [2.45, 2.75) is 25.9 Å². The molecule has 3 aromatic rings. The molecule has 6 heteroatoms. The molecule has 0 radical (unpaired) electrons. The number of piperidine rings is 1. The van der Waals surface area contributed by atoms with Crippen LogP contribution in [0, 0.1) is 17.6 Å². The lowest BCUT2D eigenvalue weighted by atomic mass is 9.95. The zero-order valence-electron chi connectivity index (χ0n) is 14.6. The average molecular weight is 357 g/mol. The van der Waals surface area contributed by atoms with Crippen LogP contribution in [0.15, 0.2) is 42.5 Å². The van der Waals surface area contributed by atoms with Gasteiger partial charge in [0.1, 0.15) is 23.4 Å². The van der Waals surface area contributed by atoms with Gasteiger partial charge in [-0.15, -0.1) is 5.10 Å². The molecule has 4 nitrogen and oxygen atoms in total. The molecule has 0 amide bonds. The van der Waals surface area contributed by atoms with Gasteiger partial charge in [0.05, 0.1) is 10.9 Å². The van der Waals surface area contributed by atoms with Crippen LogP contribution in [-0.2, 0) is 0 Å². The lowest BCUT2D eigenvalue weighted by Gasteiger charge is -2.28. The molecule has 26 heavy (non-hydrogen) atoms. The quantitative estimate of drug-likeness (QED) is 0.765. The van der Waals surface area contributed by atoms with Crippen LogP contribution >= 0.6 is 0 Å². The molecule has 2 heterocycles. The van der Waals surface area contributed by atoms with E-state index in [1.807, 2.05) is 6.92 Å². The number of hydrogen-bond donors (Lipinski definition) is 1. The summed E-state index contributed by atoms with van der Waals surface area (Å²) in [5, 5.41) is 8.38. The van der Waals surface area contributed by atoms with Crippen molar-refractivity contribution in [2.24, 2.45) is 5.92 Å². The van der Waals surface area contributed by atoms with Crippen LogP contribution in [0.25, 0.3) is 16.6 Å². The van der Waals surface area contributed by atoms with E-state index in [-0.39, 0.29) is 11.9 Å². The number of benzene rings is 2. The second kappa shape index (κ2) is 7.03. The number of aromatic nitrogens is 2. The number of ether oxygens (including phenoxy) is 1. The van der Waals surface area contributed by atoms with Gasteiger partial charge < -0.3 is 10.1 Å². The van der Waals surface area contributed by atoms with Gasteiger partial charge in [-0.3, -0.25) is 0 Å². The van der Waals surface area contributed by atoms with E-state index in [0.29, 0.717) is 28.4 Å². The topological polar surface area (TPSA) is 39.1 Å². The summed E-state index contributed by atoms with van der Waals surface area (Å²) < 4.78 is 35.7. The Morgan fingerprint density at radius 2 is 2.08 bits per heavy atom. The molecule has 2 unspecified atom stereocenters. The minimum absolute atomic E-state index is 0.0711. The Balaban J connectivity index is 1.75. The highest BCUT2D eigenvalue weighted by Gasteiger charge is 2.24. The number of halogens is 2. The largest absolute Gasteiger partial charge is 0.473 e. The molecule has 4 rings (SSSR count). The van der Waals surface area contributed by atoms with Crippen molar-refractivity contribution in [3.63, 3.8) is 0 Å². The summed E-state index contributed by atoms with van der Waals surface area (Å²) in [5.74, 6) is -0.0634. The Morgan fingerprint density at radius 3 is 2.85 bits per heavy atom. The molecule has 2 atom stereocenters. The summed E-state index contributed by atoms with van der Waals surface area (Å²) in [6.07, 6.45) is 2.12. The van der Waals surface area contributed by atoms with Crippen molar-refractivity contribution in [3.05, 3.63) is 54.1 Å². The molecule has 2 aromatic carbocycles. The van der Waals surface area contributed by atoms with Crippen molar-refractivity contribution in [3.8, 4) is 11.6 Å². The highest BCUT2D eigenvalue weighted by atomic mass is 19.1. The summed E-state index contributed by atoms with van der Waals surface area (Å²) in [4.78, 5) is 0. The molecule has 0 spiro atoms. The summed E-state index contributed by atoms with van der Waals surface area (Å²) >= 11 is 0. The minimum atomic E-state index is -0.391.